The van der Waals surface area contributed by atoms with Crippen LogP contribution in [0.25, 0.3) is 0 Å². The highest BCUT2D eigenvalue weighted by atomic mass is 79.9. The minimum absolute atomic E-state index is 0.0627. The van der Waals surface area contributed by atoms with Gasteiger partial charge in [-0.3, -0.25) is 0 Å². The maximum atomic E-state index is 13.9. The Morgan fingerprint density at radius 2 is 1.90 bits per heavy atom. The quantitative estimate of drug-likeness (QED) is 0.525. The highest BCUT2D eigenvalue weighted by Crippen LogP contribution is 2.31. The van der Waals surface area contributed by atoms with Crippen molar-refractivity contribution in [2.24, 2.45) is 0 Å². The molecular weight excluding hydrogens is 377 g/mol. The van der Waals surface area contributed by atoms with Gasteiger partial charge < -0.3 is 9.84 Å². The van der Waals surface area contributed by atoms with Crippen LogP contribution in [0.3, 0.4) is 0 Å². The van der Waals surface area contributed by atoms with Crippen molar-refractivity contribution in [3.05, 3.63) is 29.3 Å². The zero-order valence-corrected chi connectivity index (χ0v) is 13.7. The molecule has 2 atom stereocenters. The Kier molecular flexibility index (Phi) is 8.10. The van der Waals surface area contributed by atoms with Gasteiger partial charge in [0, 0.05) is 23.3 Å². The molecule has 114 valence electrons. The fraction of sp³-hybridized carbons (Fsp3) is 0.538. The first-order valence-electron chi connectivity index (χ1n) is 6.07. The van der Waals surface area contributed by atoms with Gasteiger partial charge >= 0.3 is 0 Å². The van der Waals surface area contributed by atoms with Crippen molar-refractivity contribution in [3.63, 3.8) is 0 Å². The van der Waals surface area contributed by atoms with E-state index in [9.17, 15) is 13.9 Å². The molecule has 0 aliphatic heterocycles. The molecule has 0 aliphatic rings. The number of aliphatic hydroxyl groups excluding tert-OH is 1. The third kappa shape index (κ3) is 5.02. The molecule has 2 nitrogen and oxygen atoms in total. The average Bonchev–Trinajstić information content (AvgIpc) is 2.38. The number of ether oxygens (including phenoxy) is 1. The van der Waals surface area contributed by atoms with Crippen LogP contribution >= 0.6 is 39.1 Å². The minimum Gasteiger partial charge on any atom is -0.493 e. The van der Waals surface area contributed by atoms with Gasteiger partial charge in [-0.25, -0.2) is 8.78 Å². The molecule has 2 unspecified atom stereocenters. The number of hydrogen-bond donors (Lipinski definition) is 1. The summed E-state index contributed by atoms with van der Waals surface area (Å²) in [6, 6.07) is 2.07. The summed E-state index contributed by atoms with van der Waals surface area (Å²) < 4.78 is 33.0. The summed E-state index contributed by atoms with van der Waals surface area (Å²) in [5.74, 6) is -1.28. The van der Waals surface area contributed by atoms with Crippen molar-refractivity contribution >= 4 is 39.1 Å². The van der Waals surface area contributed by atoms with Crippen LogP contribution < -0.4 is 4.74 Å². The summed E-state index contributed by atoms with van der Waals surface area (Å²) in [5.41, 5.74) is -0.435. The fourth-order valence-corrected chi connectivity index (χ4v) is 2.72. The van der Waals surface area contributed by atoms with Crippen LogP contribution in [0.5, 0.6) is 5.75 Å². The molecule has 0 fully saturated rings. The second-order valence-corrected chi connectivity index (χ2v) is 5.86. The van der Waals surface area contributed by atoms with E-state index >= 15 is 0 Å². The summed E-state index contributed by atoms with van der Waals surface area (Å²) in [4.78, 5) is 0. The Morgan fingerprint density at radius 1 is 1.30 bits per heavy atom. The normalized spacial score (nSPS) is 14.1. The van der Waals surface area contributed by atoms with Crippen LogP contribution in [-0.4, -0.2) is 28.3 Å². The lowest BCUT2D eigenvalue weighted by molar-refractivity contribution is 0.160. The first kappa shape index (κ1) is 18.0. The second kappa shape index (κ2) is 9.03. The topological polar surface area (TPSA) is 29.5 Å². The third-order valence-electron chi connectivity index (χ3n) is 2.62. The van der Waals surface area contributed by atoms with E-state index in [-0.39, 0.29) is 12.4 Å². The maximum absolute atomic E-state index is 13.9. The number of rotatable bonds is 8. The fourth-order valence-electron chi connectivity index (χ4n) is 1.61. The van der Waals surface area contributed by atoms with Gasteiger partial charge in [0.05, 0.1) is 17.5 Å². The number of aliphatic hydroxyl groups is 1. The van der Waals surface area contributed by atoms with E-state index in [1.54, 1.807) is 0 Å². The summed E-state index contributed by atoms with van der Waals surface area (Å²) in [6.45, 7) is 0.270. The summed E-state index contributed by atoms with van der Waals surface area (Å²) in [7, 11) is 0. The van der Waals surface area contributed by atoms with Gasteiger partial charge in [-0.05, 0) is 12.8 Å². The zero-order chi connectivity index (χ0) is 15.1. The molecule has 1 aromatic rings. The monoisotopic (exact) mass is 390 g/mol. The van der Waals surface area contributed by atoms with E-state index in [4.69, 9.17) is 27.9 Å². The molecule has 0 aliphatic carbocycles. The van der Waals surface area contributed by atoms with Gasteiger partial charge in [-0.1, -0.05) is 15.9 Å². The molecule has 1 rings (SSSR count). The predicted octanol–water partition coefficient (Wildman–Crippen LogP) is 4.40. The molecule has 0 saturated carbocycles. The van der Waals surface area contributed by atoms with Crippen LogP contribution in [0.2, 0.25) is 0 Å². The summed E-state index contributed by atoms with van der Waals surface area (Å²) >= 11 is 14.5. The lowest BCUT2D eigenvalue weighted by Gasteiger charge is -2.18. The van der Waals surface area contributed by atoms with Gasteiger partial charge in [-0.15, -0.1) is 23.2 Å². The smallest absolute Gasteiger partial charge is 0.135 e. The molecule has 0 saturated heterocycles. The van der Waals surface area contributed by atoms with E-state index in [1.807, 2.05) is 0 Å². The third-order valence-corrected chi connectivity index (χ3v) is 3.80. The van der Waals surface area contributed by atoms with Gasteiger partial charge in [0.15, 0.2) is 0 Å². The van der Waals surface area contributed by atoms with Crippen LogP contribution in [0.15, 0.2) is 12.1 Å². The van der Waals surface area contributed by atoms with Crippen molar-refractivity contribution in [2.45, 2.75) is 24.3 Å². The van der Waals surface area contributed by atoms with Gasteiger partial charge in [-0.2, -0.15) is 0 Å². The number of hydrogen-bond acceptors (Lipinski definition) is 2. The maximum Gasteiger partial charge on any atom is 0.135 e. The molecule has 0 heterocycles. The van der Waals surface area contributed by atoms with Crippen molar-refractivity contribution in [1.29, 1.82) is 0 Å². The van der Waals surface area contributed by atoms with Crippen LogP contribution in [0, 0.1) is 11.6 Å². The number of benzene rings is 1. The zero-order valence-electron chi connectivity index (χ0n) is 10.6. The minimum atomic E-state index is -1.41. The second-order valence-electron chi connectivity index (χ2n) is 4.13. The first-order chi connectivity index (χ1) is 9.51. The molecule has 7 heteroatoms. The lowest BCUT2D eigenvalue weighted by Crippen LogP contribution is -2.16. The highest BCUT2D eigenvalue weighted by Gasteiger charge is 2.25. The summed E-state index contributed by atoms with van der Waals surface area (Å²) in [5, 5.41) is 9.65. The van der Waals surface area contributed by atoms with E-state index in [1.165, 1.54) is 0 Å². The van der Waals surface area contributed by atoms with Crippen molar-refractivity contribution in [2.75, 3.05) is 17.8 Å². The average molecular weight is 392 g/mol. The number of alkyl halides is 3. The lowest BCUT2D eigenvalue weighted by atomic mass is 10.0. The Bertz CT molecular complexity index is 412. The summed E-state index contributed by atoms with van der Waals surface area (Å²) in [6.07, 6.45) is -0.453. The van der Waals surface area contributed by atoms with Crippen LogP contribution in [0.1, 0.15) is 24.5 Å². The Labute approximate surface area is 135 Å². The van der Waals surface area contributed by atoms with Crippen molar-refractivity contribution < 1.29 is 18.6 Å². The van der Waals surface area contributed by atoms with E-state index in [0.29, 0.717) is 24.1 Å². The molecular formula is C13H15BrCl2F2O2. The molecule has 0 spiro atoms. The molecule has 1 N–H and O–H groups in total. The predicted molar refractivity (Wildman–Crippen MR) is 80.2 cm³/mol. The van der Waals surface area contributed by atoms with Gasteiger partial charge in [0.1, 0.15) is 23.5 Å². The molecule has 0 amide bonds. The first-order valence-corrected chi connectivity index (χ1v) is 8.16. The van der Waals surface area contributed by atoms with Crippen molar-refractivity contribution in [1.82, 2.24) is 0 Å². The highest BCUT2D eigenvalue weighted by molar-refractivity contribution is 9.09. The van der Waals surface area contributed by atoms with E-state index in [2.05, 4.69) is 15.9 Å². The Hall–Kier alpha value is -0.100. The van der Waals surface area contributed by atoms with Gasteiger partial charge in [0.25, 0.3) is 0 Å². The molecule has 1 aromatic carbocycles. The molecule has 0 bridgehead atoms. The molecule has 20 heavy (non-hydrogen) atoms. The molecule has 0 aromatic heterocycles. The standard InChI is InChI=1S/C13H15BrCl2F2O2/c14-3-2-9(16)13(19)12-10(17)6-8(7-11(12)18)20-5-1-4-15/h6-7,9,13,19H,1-5H2. The van der Waals surface area contributed by atoms with E-state index in [0.717, 1.165) is 12.1 Å². The van der Waals surface area contributed by atoms with E-state index < -0.39 is 28.7 Å². The van der Waals surface area contributed by atoms with Crippen LogP contribution in [-0.2, 0) is 0 Å². The Morgan fingerprint density at radius 3 is 2.40 bits per heavy atom. The SMILES string of the molecule is OC(c1c(F)cc(OCCCCl)cc1F)C(Cl)CCBr. The molecule has 0 radical (unpaired) electrons. The Balaban J connectivity index is 2.88. The van der Waals surface area contributed by atoms with Crippen LogP contribution in [0.4, 0.5) is 8.78 Å². The largest absolute Gasteiger partial charge is 0.493 e. The van der Waals surface area contributed by atoms with Gasteiger partial charge in [0.2, 0.25) is 0 Å². The van der Waals surface area contributed by atoms with Crippen molar-refractivity contribution in [3.8, 4) is 5.75 Å². The number of halogens is 5.